The first kappa shape index (κ1) is 25.8. The van der Waals surface area contributed by atoms with E-state index in [0.717, 1.165) is 46.6 Å². The predicted octanol–water partition coefficient (Wildman–Crippen LogP) is 5.21. The van der Waals surface area contributed by atoms with Crippen LogP contribution >= 0.6 is 0 Å². The van der Waals surface area contributed by atoms with Gasteiger partial charge in [0.25, 0.3) is 5.92 Å². The van der Waals surface area contributed by atoms with Crippen molar-refractivity contribution in [3.63, 3.8) is 0 Å². The Morgan fingerprint density at radius 3 is 2.46 bits per heavy atom. The lowest BCUT2D eigenvalue weighted by atomic mass is 9.71. The summed E-state index contributed by atoms with van der Waals surface area (Å²) in [6, 6.07) is 4.91. The van der Waals surface area contributed by atoms with Gasteiger partial charge in [-0.1, -0.05) is 6.42 Å². The molecular formula is C26H24F6N6O+. The quantitative estimate of drug-likeness (QED) is 0.313. The maximum absolute atomic E-state index is 15.0. The molecule has 0 unspecified atom stereocenters. The third-order valence-electron chi connectivity index (χ3n) is 7.63. The minimum Gasteiger partial charge on any atom is -0.287 e. The molecule has 39 heavy (non-hydrogen) atoms. The lowest BCUT2D eigenvalue weighted by molar-refractivity contribution is -0.480. The first-order valence-corrected chi connectivity index (χ1v) is 12.5. The highest BCUT2D eigenvalue weighted by molar-refractivity contribution is 5.58. The lowest BCUT2D eigenvalue weighted by Gasteiger charge is -2.38. The standard InChI is InChI=1S/C26H24F6N6O/c1-35-14-33-34-23(35)22(16-3-2-4-16)17-6-18(27)8-19(7-17)37-11-21-20(26(30,31)32)5-15(10-38(21)24(37)39)9-36-12-25(28,29)13-36/h5-8,10-11,14,16,22H,2-4,9,12-13H2,1H3/q+1/t22-/m0/s1. The van der Waals surface area contributed by atoms with Gasteiger partial charge in [-0.15, -0.1) is 0 Å². The number of hydrogen-bond acceptors (Lipinski definition) is 4. The number of benzene rings is 1. The number of hydrogen-bond donors (Lipinski definition) is 0. The van der Waals surface area contributed by atoms with Crippen LogP contribution in [0.25, 0.3) is 11.2 Å². The minimum absolute atomic E-state index is 0.0671. The molecule has 1 aromatic carbocycles. The second-order valence-electron chi connectivity index (χ2n) is 10.5. The molecule has 1 saturated carbocycles. The van der Waals surface area contributed by atoms with E-state index < -0.39 is 47.8 Å². The maximum atomic E-state index is 15.0. The average molecular weight is 551 g/mol. The van der Waals surface area contributed by atoms with Gasteiger partial charge in [-0.05, 0) is 59.3 Å². The van der Waals surface area contributed by atoms with E-state index in [1.54, 1.807) is 24.0 Å². The van der Waals surface area contributed by atoms with Crippen molar-refractivity contribution in [1.82, 2.24) is 13.9 Å². The molecule has 6 rings (SSSR count). The fourth-order valence-electron chi connectivity index (χ4n) is 5.62. The third-order valence-corrected chi connectivity index (χ3v) is 7.63. The van der Waals surface area contributed by atoms with E-state index >= 15 is 0 Å². The molecule has 2 aliphatic heterocycles. The van der Waals surface area contributed by atoms with Crippen molar-refractivity contribution in [3.8, 4) is 5.69 Å². The van der Waals surface area contributed by atoms with Gasteiger partial charge in [0.15, 0.2) is 0 Å². The van der Waals surface area contributed by atoms with Crippen molar-refractivity contribution in [2.45, 2.75) is 43.8 Å². The number of fused-ring (bicyclic) bond motifs is 1. The van der Waals surface area contributed by atoms with Crippen LogP contribution in [0.4, 0.5) is 26.3 Å². The number of aromatic nitrogens is 2. The van der Waals surface area contributed by atoms with Crippen molar-refractivity contribution in [2.75, 3.05) is 20.1 Å². The Morgan fingerprint density at radius 1 is 1.13 bits per heavy atom. The zero-order valence-electron chi connectivity index (χ0n) is 20.8. The van der Waals surface area contributed by atoms with Gasteiger partial charge in [-0.2, -0.15) is 13.2 Å². The SMILES string of the molecule is C[N+]1=CN=N[C]1[C@H](c1cc(F)cc(-n2cc3c(C(F)(F)F)cc(CN4CC(F)(F)C4)cn3c2=O)c1)C1CCC1. The fraction of sp³-hybridized carbons (Fsp3) is 0.423. The second kappa shape index (κ2) is 9.04. The molecule has 0 spiro atoms. The van der Waals surface area contributed by atoms with E-state index in [0.29, 0.717) is 11.7 Å². The van der Waals surface area contributed by atoms with Gasteiger partial charge in [-0.25, -0.2) is 22.5 Å². The summed E-state index contributed by atoms with van der Waals surface area (Å²) >= 11 is 0. The number of likely N-dealkylation sites (N-methyl/N-ethyl adjacent to an activating group) is 1. The van der Waals surface area contributed by atoms with E-state index in [2.05, 4.69) is 10.2 Å². The molecule has 2 fully saturated rings. The first-order valence-electron chi connectivity index (χ1n) is 12.5. The third kappa shape index (κ3) is 4.66. The van der Waals surface area contributed by atoms with E-state index in [1.807, 2.05) is 0 Å². The Kier molecular flexibility index (Phi) is 5.97. The number of halogens is 6. The summed E-state index contributed by atoms with van der Waals surface area (Å²) in [7, 11) is 1.78. The van der Waals surface area contributed by atoms with E-state index in [9.17, 15) is 31.1 Å². The number of nitrogens with zero attached hydrogens (tertiary/aromatic N) is 6. The second-order valence-corrected chi connectivity index (χ2v) is 10.5. The van der Waals surface area contributed by atoms with E-state index in [4.69, 9.17) is 0 Å². The molecule has 2 aromatic heterocycles. The number of alkyl halides is 5. The predicted molar refractivity (Wildman–Crippen MR) is 129 cm³/mol. The first-order chi connectivity index (χ1) is 18.4. The number of rotatable bonds is 6. The Balaban J connectivity index is 1.44. The van der Waals surface area contributed by atoms with Crippen molar-refractivity contribution in [2.24, 2.45) is 16.1 Å². The van der Waals surface area contributed by atoms with Crippen LogP contribution in [0.1, 0.15) is 41.9 Å². The van der Waals surface area contributed by atoms with Gasteiger partial charge in [0.2, 0.25) is 0 Å². The molecule has 13 heteroatoms. The summed E-state index contributed by atoms with van der Waals surface area (Å²) in [5, 5.41) is 8.16. The molecule has 3 aliphatic rings. The molecule has 0 amide bonds. The molecule has 0 N–H and O–H groups in total. The van der Waals surface area contributed by atoms with Crippen LogP contribution in [-0.4, -0.2) is 50.8 Å². The van der Waals surface area contributed by atoms with E-state index in [-0.39, 0.29) is 29.6 Å². The molecule has 4 heterocycles. The van der Waals surface area contributed by atoms with Gasteiger partial charge in [0, 0.05) is 18.9 Å². The molecule has 1 saturated heterocycles. The van der Waals surface area contributed by atoms with Crippen LogP contribution in [0.5, 0.6) is 0 Å². The molecule has 7 nitrogen and oxygen atoms in total. The monoisotopic (exact) mass is 550 g/mol. The van der Waals surface area contributed by atoms with Crippen molar-refractivity contribution >= 4 is 11.9 Å². The van der Waals surface area contributed by atoms with Crippen molar-refractivity contribution in [3.05, 3.63) is 75.8 Å². The highest BCUT2D eigenvalue weighted by Gasteiger charge is 2.44. The molecule has 1 radical (unpaired) electrons. The number of azo groups is 1. The maximum Gasteiger partial charge on any atom is 0.418 e. The van der Waals surface area contributed by atoms with Crippen LogP contribution in [0.15, 0.2) is 51.7 Å². The van der Waals surface area contributed by atoms with Crippen molar-refractivity contribution in [1.29, 1.82) is 0 Å². The zero-order valence-corrected chi connectivity index (χ0v) is 20.8. The summed E-state index contributed by atoms with van der Waals surface area (Å²) in [6.45, 7) is -1.30. The lowest BCUT2D eigenvalue weighted by Crippen LogP contribution is -2.55. The van der Waals surface area contributed by atoms with Gasteiger partial charge < -0.3 is 0 Å². The fourth-order valence-corrected chi connectivity index (χ4v) is 5.62. The summed E-state index contributed by atoms with van der Waals surface area (Å²) in [4.78, 5) is 14.7. The average Bonchev–Trinajstić information content (AvgIpc) is 3.36. The highest BCUT2D eigenvalue weighted by atomic mass is 19.4. The molecule has 205 valence electrons. The van der Waals surface area contributed by atoms with E-state index in [1.165, 1.54) is 17.2 Å². The summed E-state index contributed by atoms with van der Waals surface area (Å²) in [5.41, 5.74) is -1.64. The Labute approximate surface area is 218 Å². The Hall–Kier alpha value is -3.48. The summed E-state index contributed by atoms with van der Waals surface area (Å²) < 4.78 is 87.1. The van der Waals surface area contributed by atoms with Gasteiger partial charge in [-0.3, -0.25) is 13.9 Å². The molecule has 3 aromatic rings. The number of pyridine rings is 1. The number of likely N-dealkylation sites (tertiary alicyclic amines) is 1. The normalized spacial score (nSPS) is 20.7. The molecule has 1 atom stereocenters. The van der Waals surface area contributed by atoms with Crippen molar-refractivity contribution < 1.29 is 30.9 Å². The largest absolute Gasteiger partial charge is 0.418 e. The van der Waals surface area contributed by atoms with Gasteiger partial charge >= 0.3 is 24.4 Å². The minimum atomic E-state index is -4.81. The van der Waals surface area contributed by atoms with Crippen LogP contribution in [0.3, 0.4) is 0 Å². The molecule has 0 bridgehead atoms. The smallest absolute Gasteiger partial charge is 0.287 e. The molecule has 1 aliphatic carbocycles. The zero-order chi connectivity index (χ0) is 27.7. The van der Waals surface area contributed by atoms with Crippen LogP contribution in [0.2, 0.25) is 0 Å². The summed E-state index contributed by atoms with van der Waals surface area (Å²) in [6.07, 6.45) is 2.44. The highest BCUT2D eigenvalue weighted by Crippen LogP contribution is 2.46. The topological polar surface area (TPSA) is 57.4 Å². The van der Waals surface area contributed by atoms with Gasteiger partial charge in [0.05, 0.1) is 47.9 Å². The Morgan fingerprint density at radius 2 is 1.87 bits per heavy atom. The van der Waals surface area contributed by atoms with Crippen LogP contribution < -0.4 is 5.69 Å². The Bertz CT molecular complexity index is 1560. The van der Waals surface area contributed by atoms with Crippen LogP contribution in [-0.2, 0) is 12.7 Å². The summed E-state index contributed by atoms with van der Waals surface area (Å²) in [5.74, 6) is -3.65. The van der Waals surface area contributed by atoms with Crippen LogP contribution in [0, 0.1) is 17.9 Å². The number of imidazole rings is 1. The molecular weight excluding hydrogens is 526 g/mol. The van der Waals surface area contributed by atoms with Gasteiger partial charge in [0.1, 0.15) is 5.82 Å².